The minimum Gasteiger partial charge on any atom is -0.480 e. The minimum atomic E-state index is -1.08. The summed E-state index contributed by atoms with van der Waals surface area (Å²) in [6, 6.07) is 13.2. The van der Waals surface area contributed by atoms with Crippen LogP contribution in [0.25, 0.3) is 5.57 Å². The molecule has 45 heavy (non-hydrogen) atoms. The van der Waals surface area contributed by atoms with Gasteiger partial charge >= 0.3 is 11.9 Å². The number of fused-ring (bicyclic) bond motifs is 5. The number of nitrogens with zero attached hydrogens (tertiary/aromatic N) is 2. The zero-order valence-corrected chi connectivity index (χ0v) is 26.8. The van der Waals surface area contributed by atoms with E-state index in [9.17, 15) is 19.5 Å². The van der Waals surface area contributed by atoms with Gasteiger partial charge in [-0.3, -0.25) is 19.4 Å². The van der Waals surface area contributed by atoms with Gasteiger partial charge in [-0.15, -0.1) is 0 Å². The number of amides is 1. The third kappa shape index (κ3) is 5.98. The standard InChI is InChI=1S/C38H46N2O5/c1-25(26-8-5-4-6-9-26)40(24-35(42)43)34(41)15-16-36(44)45-29-17-19-37(2)28(22-29)11-12-30-32-14-13-31(27-10-7-21-39-23-27)38(32,3)20-18-33(30)37/h4-11,13,21,23,25,29-30,32-33H,12,14-20,22,24H2,1-3H3,(H,42,43)/t25?,29-,30-,32-,33-,37-,38+/m0/s1. The molecule has 0 aliphatic heterocycles. The molecule has 4 aliphatic rings. The smallest absolute Gasteiger partial charge is 0.323 e. The van der Waals surface area contributed by atoms with E-state index in [0.717, 1.165) is 37.7 Å². The average Bonchev–Trinajstić information content (AvgIpc) is 3.40. The Morgan fingerprint density at radius 2 is 1.76 bits per heavy atom. The number of carbonyl (C=O) groups is 3. The molecule has 7 nitrogen and oxygen atoms in total. The van der Waals surface area contributed by atoms with Crippen LogP contribution in [0.1, 0.15) is 95.7 Å². The number of aliphatic carboxylic acids is 1. The van der Waals surface area contributed by atoms with Gasteiger partial charge in [-0.2, -0.15) is 0 Å². The summed E-state index contributed by atoms with van der Waals surface area (Å²) in [5.74, 6) is 0.100. The summed E-state index contributed by atoms with van der Waals surface area (Å²) in [5, 5.41) is 9.43. The van der Waals surface area contributed by atoms with Gasteiger partial charge in [0.15, 0.2) is 0 Å². The number of allylic oxidation sites excluding steroid dienone is 3. The van der Waals surface area contributed by atoms with Gasteiger partial charge in [-0.25, -0.2) is 0 Å². The maximum atomic E-state index is 13.1. The number of rotatable bonds is 9. The molecule has 2 saturated carbocycles. The fraction of sp³-hybridized carbons (Fsp3) is 0.526. The summed E-state index contributed by atoms with van der Waals surface area (Å²) >= 11 is 0. The van der Waals surface area contributed by atoms with E-state index >= 15 is 0 Å². The van der Waals surface area contributed by atoms with Crippen molar-refractivity contribution in [3.05, 3.63) is 83.7 Å². The van der Waals surface area contributed by atoms with Crippen LogP contribution < -0.4 is 0 Å². The first-order chi connectivity index (χ1) is 21.6. The number of pyridine rings is 1. The van der Waals surface area contributed by atoms with Crippen LogP contribution in [0, 0.1) is 28.6 Å². The van der Waals surface area contributed by atoms with Gasteiger partial charge in [0.25, 0.3) is 0 Å². The van der Waals surface area contributed by atoms with Crippen LogP contribution in [-0.2, 0) is 19.1 Å². The Bertz CT molecular complexity index is 1490. The maximum absolute atomic E-state index is 13.1. The van der Waals surface area contributed by atoms with Crippen molar-refractivity contribution in [2.75, 3.05) is 6.54 Å². The maximum Gasteiger partial charge on any atom is 0.323 e. The summed E-state index contributed by atoms with van der Waals surface area (Å²) in [6.07, 6.45) is 15.7. The molecule has 0 radical (unpaired) electrons. The van der Waals surface area contributed by atoms with Crippen LogP contribution in [0.3, 0.4) is 0 Å². The van der Waals surface area contributed by atoms with E-state index in [1.807, 2.05) is 55.7 Å². The van der Waals surface area contributed by atoms with Gasteiger partial charge in [0.05, 0.1) is 12.5 Å². The second-order valence-electron chi connectivity index (χ2n) is 14.2. The quantitative estimate of drug-likeness (QED) is 0.235. The zero-order valence-electron chi connectivity index (χ0n) is 26.8. The molecule has 238 valence electrons. The SMILES string of the molecule is CC(c1ccccc1)N(CC(=O)O)C(=O)CCC(=O)O[C@H]1CC[C@@]2(C)C(=CC[C@@H]3[C@@H]2CC[C@]2(C)C(c4cccnc4)=CC[C@@H]32)C1. The lowest BCUT2D eigenvalue weighted by atomic mass is 9.47. The largest absolute Gasteiger partial charge is 0.480 e. The highest BCUT2D eigenvalue weighted by molar-refractivity contribution is 5.84. The van der Waals surface area contributed by atoms with E-state index in [2.05, 4.69) is 37.0 Å². The third-order valence-corrected chi connectivity index (χ3v) is 11.8. The van der Waals surface area contributed by atoms with Gasteiger partial charge in [0.2, 0.25) is 5.91 Å². The lowest BCUT2D eigenvalue weighted by Crippen LogP contribution is -2.50. The Hall–Kier alpha value is -3.74. The summed E-state index contributed by atoms with van der Waals surface area (Å²) < 4.78 is 5.95. The Balaban J connectivity index is 1.06. The minimum absolute atomic E-state index is 0.0551. The van der Waals surface area contributed by atoms with Crippen molar-refractivity contribution in [3.63, 3.8) is 0 Å². The Morgan fingerprint density at radius 3 is 2.49 bits per heavy atom. The predicted molar refractivity (Wildman–Crippen MR) is 173 cm³/mol. The van der Waals surface area contributed by atoms with Crippen molar-refractivity contribution in [2.24, 2.45) is 28.6 Å². The number of benzene rings is 1. The molecule has 1 N–H and O–H groups in total. The molecule has 1 aromatic carbocycles. The first-order valence-electron chi connectivity index (χ1n) is 16.7. The van der Waals surface area contributed by atoms with Crippen LogP contribution >= 0.6 is 0 Å². The zero-order chi connectivity index (χ0) is 31.8. The number of ether oxygens (including phenoxy) is 1. The molecule has 7 atom stereocenters. The lowest BCUT2D eigenvalue weighted by Gasteiger charge is -2.57. The highest BCUT2D eigenvalue weighted by Gasteiger charge is 2.57. The molecule has 2 aromatic rings. The van der Waals surface area contributed by atoms with Crippen molar-refractivity contribution >= 4 is 23.4 Å². The van der Waals surface area contributed by atoms with E-state index in [-0.39, 0.29) is 41.7 Å². The molecule has 0 bridgehead atoms. The molecule has 4 aliphatic carbocycles. The van der Waals surface area contributed by atoms with Gasteiger partial charge < -0.3 is 14.7 Å². The number of esters is 1. The number of carboxylic acids is 1. The van der Waals surface area contributed by atoms with E-state index in [0.29, 0.717) is 17.8 Å². The average molecular weight is 611 g/mol. The van der Waals surface area contributed by atoms with Crippen LogP contribution in [0.4, 0.5) is 0 Å². The van der Waals surface area contributed by atoms with Crippen molar-refractivity contribution in [1.82, 2.24) is 9.88 Å². The van der Waals surface area contributed by atoms with Crippen LogP contribution in [0.5, 0.6) is 0 Å². The first kappa shape index (κ1) is 31.3. The molecule has 1 unspecified atom stereocenters. The van der Waals surface area contributed by atoms with Gasteiger partial charge in [0.1, 0.15) is 12.6 Å². The molecular formula is C38H46N2O5. The molecule has 2 fully saturated rings. The Labute approximate surface area is 266 Å². The fourth-order valence-electron chi connectivity index (χ4n) is 9.36. The molecule has 6 rings (SSSR count). The summed E-state index contributed by atoms with van der Waals surface area (Å²) in [7, 11) is 0. The number of hydrogen-bond acceptors (Lipinski definition) is 5. The van der Waals surface area contributed by atoms with Crippen molar-refractivity contribution in [3.8, 4) is 0 Å². The molecule has 0 saturated heterocycles. The molecule has 7 heteroatoms. The topological polar surface area (TPSA) is 96.8 Å². The molecule has 0 spiro atoms. The van der Waals surface area contributed by atoms with Crippen LogP contribution in [-0.4, -0.2) is 45.5 Å². The molecule has 1 amide bonds. The highest BCUT2D eigenvalue weighted by atomic mass is 16.5. The van der Waals surface area contributed by atoms with Gasteiger partial charge in [-0.1, -0.05) is 68.0 Å². The second-order valence-corrected chi connectivity index (χ2v) is 14.2. The van der Waals surface area contributed by atoms with Crippen molar-refractivity contribution in [2.45, 2.75) is 90.7 Å². The normalized spacial score (nSPS) is 30.9. The summed E-state index contributed by atoms with van der Waals surface area (Å²) in [4.78, 5) is 43.3. The molecule has 1 aromatic heterocycles. The van der Waals surface area contributed by atoms with E-state index < -0.39 is 18.6 Å². The first-order valence-corrected chi connectivity index (χ1v) is 16.7. The fourth-order valence-corrected chi connectivity index (χ4v) is 9.36. The molecule has 1 heterocycles. The second kappa shape index (κ2) is 12.6. The van der Waals surface area contributed by atoms with Crippen LogP contribution in [0.2, 0.25) is 0 Å². The van der Waals surface area contributed by atoms with E-state index in [1.165, 1.54) is 34.5 Å². The summed E-state index contributed by atoms with van der Waals surface area (Å²) in [5.41, 5.74) is 5.36. The monoisotopic (exact) mass is 610 g/mol. The number of hydrogen-bond donors (Lipinski definition) is 1. The summed E-state index contributed by atoms with van der Waals surface area (Å²) in [6.45, 7) is 6.32. The Morgan fingerprint density at radius 1 is 0.978 bits per heavy atom. The van der Waals surface area contributed by atoms with E-state index in [1.54, 1.807) is 0 Å². The predicted octanol–water partition coefficient (Wildman–Crippen LogP) is 7.40. The molecular weight excluding hydrogens is 564 g/mol. The Kier molecular flexibility index (Phi) is 8.73. The highest BCUT2D eigenvalue weighted by Crippen LogP contribution is 2.66. The van der Waals surface area contributed by atoms with Gasteiger partial charge in [-0.05, 0) is 96.8 Å². The number of aromatic nitrogens is 1. The van der Waals surface area contributed by atoms with Crippen molar-refractivity contribution in [1.29, 1.82) is 0 Å². The van der Waals surface area contributed by atoms with E-state index in [4.69, 9.17) is 4.74 Å². The van der Waals surface area contributed by atoms with Gasteiger partial charge in [0, 0.05) is 25.2 Å². The number of carboxylic acid groups (broad SMARTS) is 1. The number of carbonyl (C=O) groups excluding carboxylic acids is 2. The third-order valence-electron chi connectivity index (χ3n) is 11.8. The van der Waals surface area contributed by atoms with Crippen LogP contribution in [0.15, 0.2) is 72.6 Å². The lowest BCUT2D eigenvalue weighted by molar-refractivity contribution is -0.153. The van der Waals surface area contributed by atoms with Crippen molar-refractivity contribution < 1.29 is 24.2 Å².